The second-order valence-corrected chi connectivity index (χ2v) is 9.34. The lowest BCUT2D eigenvalue weighted by atomic mass is 10.1. The summed E-state index contributed by atoms with van der Waals surface area (Å²) in [6.07, 6.45) is 1.73. The molecule has 0 fully saturated rings. The standard InChI is InChI=1S/C20H16ClN3O3S2/c1-12-10-13(19-23-16-4-3-9-22-20(16)28-19)5-7-15(12)24-29(25,26)18-11-14(21)6-8-17(18)27-2/h3-11,24H,1-2H3. The predicted octanol–water partition coefficient (Wildman–Crippen LogP) is 5.13. The number of fused-ring (bicyclic) bond motifs is 1. The molecule has 0 amide bonds. The molecule has 6 nitrogen and oxygen atoms in total. The molecule has 4 aromatic rings. The van der Waals surface area contributed by atoms with Gasteiger partial charge in [-0.05, 0) is 61.0 Å². The van der Waals surface area contributed by atoms with Gasteiger partial charge in [0.15, 0.2) is 0 Å². The van der Waals surface area contributed by atoms with Crippen LogP contribution in [0.1, 0.15) is 5.56 Å². The van der Waals surface area contributed by atoms with Gasteiger partial charge < -0.3 is 4.74 Å². The first kappa shape index (κ1) is 19.6. The fraction of sp³-hybridized carbons (Fsp3) is 0.100. The highest BCUT2D eigenvalue weighted by molar-refractivity contribution is 7.92. The minimum atomic E-state index is -3.88. The largest absolute Gasteiger partial charge is 0.495 e. The number of anilines is 1. The SMILES string of the molecule is COc1ccc(Cl)cc1S(=O)(=O)Nc1ccc(-c2nc3cccnc3s2)cc1C. The molecule has 0 spiro atoms. The van der Waals surface area contributed by atoms with E-state index in [2.05, 4.69) is 14.7 Å². The van der Waals surface area contributed by atoms with Gasteiger partial charge in [-0.3, -0.25) is 4.72 Å². The number of halogens is 1. The van der Waals surface area contributed by atoms with Gasteiger partial charge in [0.05, 0.1) is 12.8 Å². The summed E-state index contributed by atoms with van der Waals surface area (Å²) in [4.78, 5) is 9.75. The van der Waals surface area contributed by atoms with Crippen molar-refractivity contribution < 1.29 is 13.2 Å². The van der Waals surface area contributed by atoms with Crippen LogP contribution in [0, 0.1) is 6.92 Å². The topological polar surface area (TPSA) is 81.2 Å². The van der Waals surface area contributed by atoms with Gasteiger partial charge in [-0.25, -0.2) is 18.4 Å². The number of hydrogen-bond donors (Lipinski definition) is 1. The normalized spacial score (nSPS) is 11.6. The van der Waals surface area contributed by atoms with Crippen LogP contribution in [0.3, 0.4) is 0 Å². The zero-order valence-corrected chi connectivity index (χ0v) is 17.9. The number of methoxy groups -OCH3 is 1. The molecule has 2 heterocycles. The molecule has 0 bridgehead atoms. The highest BCUT2D eigenvalue weighted by atomic mass is 35.5. The van der Waals surface area contributed by atoms with Crippen LogP contribution in [0.4, 0.5) is 5.69 Å². The summed E-state index contributed by atoms with van der Waals surface area (Å²) in [7, 11) is -2.47. The van der Waals surface area contributed by atoms with Crippen LogP contribution in [0.25, 0.3) is 20.9 Å². The number of nitrogens with one attached hydrogen (secondary N) is 1. The van der Waals surface area contributed by atoms with E-state index in [9.17, 15) is 8.42 Å². The van der Waals surface area contributed by atoms with E-state index >= 15 is 0 Å². The van der Waals surface area contributed by atoms with Gasteiger partial charge in [-0.1, -0.05) is 22.9 Å². The lowest BCUT2D eigenvalue weighted by Gasteiger charge is -2.14. The molecule has 0 aliphatic rings. The Balaban J connectivity index is 1.67. The molecule has 0 saturated heterocycles. The van der Waals surface area contributed by atoms with Crippen LogP contribution >= 0.6 is 22.9 Å². The lowest BCUT2D eigenvalue weighted by Crippen LogP contribution is -2.15. The zero-order chi connectivity index (χ0) is 20.6. The highest BCUT2D eigenvalue weighted by Gasteiger charge is 2.21. The molecule has 0 aliphatic carbocycles. The first-order valence-corrected chi connectivity index (χ1v) is 11.2. The maximum absolute atomic E-state index is 12.9. The van der Waals surface area contributed by atoms with Gasteiger partial charge >= 0.3 is 0 Å². The highest BCUT2D eigenvalue weighted by Crippen LogP contribution is 2.33. The average Bonchev–Trinajstić information content (AvgIpc) is 3.13. The minimum Gasteiger partial charge on any atom is -0.495 e. The third-order valence-corrected chi connectivity index (χ3v) is 6.95. The number of hydrogen-bond acceptors (Lipinski definition) is 6. The summed E-state index contributed by atoms with van der Waals surface area (Å²) < 4.78 is 33.6. The van der Waals surface area contributed by atoms with Gasteiger partial charge in [0.25, 0.3) is 10.0 Å². The fourth-order valence-corrected chi connectivity index (χ4v) is 5.33. The second kappa shape index (κ2) is 7.62. The summed E-state index contributed by atoms with van der Waals surface area (Å²) in [5.41, 5.74) is 2.96. The van der Waals surface area contributed by atoms with Crippen molar-refractivity contribution in [2.45, 2.75) is 11.8 Å². The summed E-state index contributed by atoms with van der Waals surface area (Å²) in [5, 5.41) is 1.13. The first-order valence-electron chi connectivity index (χ1n) is 8.56. The van der Waals surface area contributed by atoms with Crippen molar-refractivity contribution in [1.82, 2.24) is 9.97 Å². The fourth-order valence-electron chi connectivity index (χ4n) is 2.86. The molecular formula is C20H16ClN3O3S2. The molecule has 4 rings (SSSR count). The summed E-state index contributed by atoms with van der Waals surface area (Å²) in [5.74, 6) is 0.221. The number of aromatic nitrogens is 2. The molecule has 0 saturated carbocycles. The summed E-state index contributed by atoms with van der Waals surface area (Å²) >= 11 is 7.47. The Morgan fingerprint density at radius 2 is 1.97 bits per heavy atom. The molecule has 0 atom stereocenters. The summed E-state index contributed by atoms with van der Waals surface area (Å²) in [6.45, 7) is 1.84. The van der Waals surface area contributed by atoms with Crippen molar-refractivity contribution in [2.24, 2.45) is 0 Å². The Morgan fingerprint density at radius 3 is 2.69 bits per heavy atom. The Hall–Kier alpha value is -2.68. The lowest BCUT2D eigenvalue weighted by molar-refractivity contribution is 0.403. The third-order valence-electron chi connectivity index (χ3n) is 4.30. The molecular weight excluding hydrogens is 430 g/mol. The van der Waals surface area contributed by atoms with Crippen molar-refractivity contribution in [3.63, 3.8) is 0 Å². The molecule has 0 radical (unpaired) electrons. The van der Waals surface area contributed by atoms with E-state index in [-0.39, 0.29) is 10.6 Å². The number of aryl methyl sites for hydroxylation is 1. The maximum atomic E-state index is 12.9. The molecule has 2 aromatic carbocycles. The van der Waals surface area contributed by atoms with Gasteiger partial charge in [-0.15, -0.1) is 0 Å². The zero-order valence-electron chi connectivity index (χ0n) is 15.5. The molecule has 29 heavy (non-hydrogen) atoms. The van der Waals surface area contributed by atoms with E-state index in [1.165, 1.54) is 30.6 Å². The number of rotatable bonds is 5. The number of nitrogens with zero attached hydrogens (tertiary/aromatic N) is 2. The molecule has 1 N–H and O–H groups in total. The van der Waals surface area contributed by atoms with Crippen molar-refractivity contribution in [3.05, 3.63) is 65.3 Å². The Bertz CT molecular complexity index is 1290. The van der Waals surface area contributed by atoms with Crippen LogP contribution in [-0.4, -0.2) is 25.5 Å². The number of benzene rings is 2. The van der Waals surface area contributed by atoms with Gasteiger partial charge in [0.2, 0.25) is 0 Å². The van der Waals surface area contributed by atoms with Gasteiger partial charge in [-0.2, -0.15) is 0 Å². The summed E-state index contributed by atoms with van der Waals surface area (Å²) in [6, 6.07) is 13.7. The van der Waals surface area contributed by atoms with Crippen molar-refractivity contribution in [2.75, 3.05) is 11.8 Å². The monoisotopic (exact) mass is 445 g/mol. The molecule has 0 unspecified atom stereocenters. The number of pyridine rings is 1. The first-order chi connectivity index (χ1) is 13.9. The van der Waals surface area contributed by atoms with Crippen LogP contribution < -0.4 is 9.46 Å². The van der Waals surface area contributed by atoms with Crippen molar-refractivity contribution in [1.29, 1.82) is 0 Å². The Kier molecular flexibility index (Phi) is 5.16. The van der Waals surface area contributed by atoms with Crippen LogP contribution in [0.2, 0.25) is 5.02 Å². The smallest absolute Gasteiger partial charge is 0.265 e. The van der Waals surface area contributed by atoms with E-state index in [0.29, 0.717) is 10.7 Å². The Morgan fingerprint density at radius 1 is 1.14 bits per heavy atom. The second-order valence-electron chi connectivity index (χ2n) is 6.28. The van der Waals surface area contributed by atoms with Crippen molar-refractivity contribution in [3.8, 4) is 16.3 Å². The third kappa shape index (κ3) is 3.91. The predicted molar refractivity (Wildman–Crippen MR) is 116 cm³/mol. The molecule has 0 aliphatic heterocycles. The number of ether oxygens (including phenoxy) is 1. The maximum Gasteiger partial charge on any atom is 0.265 e. The minimum absolute atomic E-state index is 0.0202. The van der Waals surface area contributed by atoms with E-state index in [1.807, 2.05) is 31.2 Å². The van der Waals surface area contributed by atoms with Crippen LogP contribution in [0.15, 0.2) is 59.6 Å². The molecule has 9 heteroatoms. The van der Waals surface area contributed by atoms with E-state index in [0.717, 1.165) is 26.5 Å². The van der Waals surface area contributed by atoms with E-state index in [1.54, 1.807) is 18.3 Å². The average molecular weight is 446 g/mol. The van der Waals surface area contributed by atoms with Gasteiger partial charge in [0, 0.05) is 16.8 Å². The number of thiazole rings is 1. The van der Waals surface area contributed by atoms with Crippen LogP contribution in [0.5, 0.6) is 5.75 Å². The van der Waals surface area contributed by atoms with Gasteiger partial charge in [0.1, 0.15) is 26.0 Å². The Labute approximate surface area is 177 Å². The van der Waals surface area contributed by atoms with Crippen molar-refractivity contribution >= 4 is 49.0 Å². The molecule has 2 aromatic heterocycles. The van der Waals surface area contributed by atoms with E-state index < -0.39 is 10.0 Å². The molecule has 148 valence electrons. The quantitative estimate of drug-likeness (QED) is 0.460. The van der Waals surface area contributed by atoms with E-state index in [4.69, 9.17) is 16.3 Å². The van der Waals surface area contributed by atoms with Crippen LogP contribution in [-0.2, 0) is 10.0 Å². The number of sulfonamides is 1.